The summed E-state index contributed by atoms with van der Waals surface area (Å²) in [5, 5.41) is 18.5. The Kier molecular flexibility index (Phi) is 3.17. The first-order valence-electron chi connectivity index (χ1n) is 7.77. The molecule has 0 saturated heterocycles. The molecular weight excluding hydrogens is 332 g/mol. The topological polar surface area (TPSA) is 60.9 Å². The maximum Gasteiger partial charge on any atom is 0.235 e. The lowest BCUT2D eigenvalue weighted by Crippen LogP contribution is -1.92. The second kappa shape index (κ2) is 5.64. The third-order valence-corrected chi connectivity index (χ3v) is 4.82. The monoisotopic (exact) mass is 344 g/mol. The van der Waals surface area contributed by atoms with Gasteiger partial charge in [-0.1, -0.05) is 59.9 Å². The fourth-order valence-electron chi connectivity index (χ4n) is 2.66. The minimum Gasteiger partial charge on any atom is -0.240 e. The van der Waals surface area contributed by atoms with Gasteiger partial charge in [-0.3, -0.25) is 0 Å². The second-order valence-electron chi connectivity index (χ2n) is 5.50. The lowest BCUT2D eigenvalue weighted by molar-refractivity contribution is 0.880. The molecule has 0 atom stereocenters. The number of nitrogens with zero attached hydrogens (tertiary/aromatic N) is 6. The smallest absolute Gasteiger partial charge is 0.235 e. The molecule has 0 fully saturated rings. The highest BCUT2D eigenvalue weighted by atomic mass is 32.1. The van der Waals surface area contributed by atoms with E-state index in [1.54, 1.807) is 4.52 Å². The van der Waals surface area contributed by atoms with Gasteiger partial charge in [0.1, 0.15) is 0 Å². The van der Waals surface area contributed by atoms with Crippen LogP contribution in [-0.2, 0) is 0 Å². The summed E-state index contributed by atoms with van der Waals surface area (Å²) >= 11 is 1.50. The van der Waals surface area contributed by atoms with Gasteiger partial charge in [0.15, 0.2) is 10.8 Å². The van der Waals surface area contributed by atoms with Crippen molar-refractivity contribution < 1.29 is 0 Å². The molecule has 0 aliphatic rings. The summed E-state index contributed by atoms with van der Waals surface area (Å²) in [4.78, 5) is 0.765. The third kappa shape index (κ3) is 2.41. The van der Waals surface area contributed by atoms with Gasteiger partial charge in [-0.2, -0.15) is 14.7 Å². The summed E-state index contributed by atoms with van der Waals surface area (Å²) in [5.74, 6) is 0.744. The van der Waals surface area contributed by atoms with Crippen LogP contribution in [0.2, 0.25) is 0 Å². The van der Waals surface area contributed by atoms with Gasteiger partial charge in [0.05, 0.1) is 17.4 Å². The molecule has 0 unspecified atom stereocenters. The Labute approximate surface area is 147 Å². The zero-order valence-corrected chi connectivity index (χ0v) is 13.8. The number of para-hydroxylation sites is 1. The zero-order chi connectivity index (χ0) is 16.6. The molecule has 2 aromatic carbocycles. The predicted octanol–water partition coefficient (Wildman–Crippen LogP) is 3.71. The molecule has 6 nitrogen and oxygen atoms in total. The molecule has 0 aliphatic heterocycles. The van der Waals surface area contributed by atoms with Crippen LogP contribution in [-0.4, -0.2) is 29.6 Å². The molecule has 3 heterocycles. The summed E-state index contributed by atoms with van der Waals surface area (Å²) in [7, 11) is 0. The van der Waals surface area contributed by atoms with Crippen LogP contribution >= 0.6 is 11.3 Å². The van der Waals surface area contributed by atoms with Crippen LogP contribution < -0.4 is 0 Å². The molecule has 3 aromatic heterocycles. The minimum atomic E-state index is 0.744. The number of rotatable bonds is 3. The Balaban J connectivity index is 1.56. The molecule has 5 aromatic rings. The van der Waals surface area contributed by atoms with Crippen LogP contribution in [0.5, 0.6) is 0 Å². The molecule has 0 amide bonds. The molecule has 0 spiro atoms. The van der Waals surface area contributed by atoms with Crippen molar-refractivity contribution in [2.24, 2.45) is 0 Å². The van der Waals surface area contributed by atoms with Crippen LogP contribution in [0.1, 0.15) is 0 Å². The van der Waals surface area contributed by atoms with E-state index >= 15 is 0 Å². The fraction of sp³-hybridized carbons (Fsp3) is 0. The predicted molar refractivity (Wildman–Crippen MR) is 96.7 cm³/mol. The highest BCUT2D eigenvalue weighted by Gasteiger charge is 2.15. The second-order valence-corrected chi connectivity index (χ2v) is 6.46. The number of fused-ring (bicyclic) bond motifs is 1. The van der Waals surface area contributed by atoms with Gasteiger partial charge in [0.2, 0.25) is 4.96 Å². The van der Waals surface area contributed by atoms with E-state index in [9.17, 15) is 0 Å². The van der Waals surface area contributed by atoms with E-state index in [0.29, 0.717) is 0 Å². The Morgan fingerprint density at radius 2 is 1.56 bits per heavy atom. The van der Waals surface area contributed by atoms with E-state index in [1.165, 1.54) is 11.3 Å². The normalized spacial score (nSPS) is 11.2. The van der Waals surface area contributed by atoms with Crippen LogP contribution in [0.3, 0.4) is 0 Å². The van der Waals surface area contributed by atoms with Crippen molar-refractivity contribution >= 4 is 16.3 Å². The fourth-order valence-corrected chi connectivity index (χ4v) is 3.47. The number of benzene rings is 2. The van der Waals surface area contributed by atoms with E-state index in [0.717, 1.165) is 32.6 Å². The minimum absolute atomic E-state index is 0.744. The van der Waals surface area contributed by atoms with Crippen LogP contribution in [0.4, 0.5) is 0 Å². The average molecular weight is 344 g/mol. The first-order valence-corrected chi connectivity index (χ1v) is 8.58. The number of hydrogen-bond acceptors (Lipinski definition) is 5. The van der Waals surface area contributed by atoms with Crippen LogP contribution in [0, 0.1) is 0 Å². The first-order chi connectivity index (χ1) is 12.4. The lowest BCUT2D eigenvalue weighted by atomic mass is 10.2. The maximum absolute atomic E-state index is 4.68. The largest absolute Gasteiger partial charge is 0.240 e. The van der Waals surface area contributed by atoms with Gasteiger partial charge in [-0.15, -0.1) is 10.2 Å². The van der Waals surface area contributed by atoms with Crippen molar-refractivity contribution in [3.8, 4) is 27.6 Å². The van der Waals surface area contributed by atoms with Crippen molar-refractivity contribution in [1.82, 2.24) is 29.6 Å². The molecule has 25 heavy (non-hydrogen) atoms. The van der Waals surface area contributed by atoms with Gasteiger partial charge in [-0.05, 0) is 12.1 Å². The van der Waals surface area contributed by atoms with Crippen molar-refractivity contribution in [2.45, 2.75) is 0 Å². The SMILES string of the molecule is c1ccc(-c2nnc3sc(-c4cnn(-c5ccccc5)c4)nn23)cc1. The zero-order valence-electron chi connectivity index (χ0n) is 13.0. The van der Waals surface area contributed by atoms with E-state index in [-0.39, 0.29) is 0 Å². The summed E-state index contributed by atoms with van der Waals surface area (Å²) in [6.07, 6.45) is 3.80. The molecule has 0 radical (unpaired) electrons. The number of aromatic nitrogens is 6. The molecule has 0 saturated carbocycles. The molecule has 120 valence electrons. The molecule has 5 rings (SSSR count). The van der Waals surface area contributed by atoms with Gasteiger partial charge < -0.3 is 0 Å². The highest BCUT2D eigenvalue weighted by Crippen LogP contribution is 2.28. The molecular formula is C18H12N6S. The Hall–Kier alpha value is -3.32. The molecule has 7 heteroatoms. The molecule has 0 aliphatic carbocycles. The van der Waals surface area contributed by atoms with Crippen LogP contribution in [0.25, 0.3) is 32.6 Å². The average Bonchev–Trinajstić information content (AvgIpc) is 3.38. The maximum atomic E-state index is 4.68. The number of hydrogen-bond donors (Lipinski definition) is 0. The highest BCUT2D eigenvalue weighted by molar-refractivity contribution is 7.19. The van der Waals surface area contributed by atoms with Crippen LogP contribution in [0.15, 0.2) is 73.1 Å². The van der Waals surface area contributed by atoms with E-state index in [2.05, 4.69) is 20.4 Å². The standard InChI is InChI=1S/C18H12N6S/c1-3-7-13(8-4-1)16-20-21-18-24(16)22-17(25-18)14-11-19-23(12-14)15-9-5-2-6-10-15/h1-12H. The van der Waals surface area contributed by atoms with Crippen molar-refractivity contribution in [1.29, 1.82) is 0 Å². The Bertz CT molecular complexity index is 1140. The van der Waals surface area contributed by atoms with Gasteiger partial charge >= 0.3 is 0 Å². The van der Waals surface area contributed by atoms with E-state index in [4.69, 9.17) is 0 Å². The lowest BCUT2D eigenvalue weighted by Gasteiger charge is -1.98. The first kappa shape index (κ1) is 14.1. The summed E-state index contributed by atoms with van der Waals surface area (Å²) in [5.41, 5.74) is 2.96. The quantitative estimate of drug-likeness (QED) is 0.501. The van der Waals surface area contributed by atoms with Crippen molar-refractivity contribution in [2.75, 3.05) is 0 Å². The van der Waals surface area contributed by atoms with Gasteiger partial charge in [0.25, 0.3) is 0 Å². The van der Waals surface area contributed by atoms with Crippen molar-refractivity contribution in [3.63, 3.8) is 0 Å². The van der Waals surface area contributed by atoms with E-state index < -0.39 is 0 Å². The van der Waals surface area contributed by atoms with E-state index in [1.807, 2.05) is 77.7 Å². The Morgan fingerprint density at radius 3 is 2.36 bits per heavy atom. The Morgan fingerprint density at radius 1 is 0.800 bits per heavy atom. The molecule has 0 N–H and O–H groups in total. The van der Waals surface area contributed by atoms with Gasteiger partial charge in [0, 0.05) is 11.8 Å². The summed E-state index contributed by atoms with van der Waals surface area (Å²) in [6, 6.07) is 19.9. The molecule has 0 bridgehead atoms. The third-order valence-electron chi connectivity index (χ3n) is 3.87. The van der Waals surface area contributed by atoms with Crippen molar-refractivity contribution in [3.05, 3.63) is 73.1 Å². The summed E-state index contributed by atoms with van der Waals surface area (Å²) in [6.45, 7) is 0. The summed E-state index contributed by atoms with van der Waals surface area (Å²) < 4.78 is 3.63. The van der Waals surface area contributed by atoms with Gasteiger partial charge in [-0.25, -0.2) is 4.68 Å².